The van der Waals surface area contributed by atoms with E-state index in [-0.39, 0.29) is 18.5 Å². The van der Waals surface area contributed by atoms with Crippen molar-refractivity contribution in [2.45, 2.75) is 34.1 Å². The van der Waals surface area contributed by atoms with E-state index < -0.39 is 0 Å². The summed E-state index contributed by atoms with van der Waals surface area (Å²) in [6.45, 7) is 8.23. The number of amides is 1. The third kappa shape index (κ3) is 5.34. The Labute approximate surface area is 154 Å². The van der Waals surface area contributed by atoms with Gasteiger partial charge in [-0.2, -0.15) is 0 Å². The van der Waals surface area contributed by atoms with Crippen LogP contribution in [0.15, 0.2) is 36.4 Å². The van der Waals surface area contributed by atoms with Crippen molar-refractivity contribution in [3.8, 4) is 5.75 Å². The molecule has 0 fully saturated rings. The second-order valence-electron chi connectivity index (χ2n) is 6.26. The highest BCUT2D eigenvalue weighted by Crippen LogP contribution is 2.23. The van der Waals surface area contributed by atoms with Crippen molar-refractivity contribution >= 4 is 17.6 Å². The topological polar surface area (TPSA) is 64.6 Å². The van der Waals surface area contributed by atoms with Crippen molar-refractivity contribution < 1.29 is 19.1 Å². The molecule has 0 saturated heterocycles. The number of hydrogen-bond acceptors (Lipinski definition) is 4. The Bertz CT molecular complexity index is 781. The summed E-state index contributed by atoms with van der Waals surface area (Å²) in [5, 5.41) is 2.75. The van der Waals surface area contributed by atoms with E-state index in [1.54, 1.807) is 24.3 Å². The molecule has 2 rings (SSSR count). The Hall–Kier alpha value is -2.82. The number of benzene rings is 2. The van der Waals surface area contributed by atoms with Gasteiger partial charge in [-0.1, -0.05) is 13.0 Å². The molecule has 2 aromatic rings. The molecule has 5 heteroatoms. The van der Waals surface area contributed by atoms with Gasteiger partial charge in [-0.15, -0.1) is 0 Å². The molecule has 5 nitrogen and oxygen atoms in total. The molecule has 1 amide bonds. The number of esters is 1. The molecular weight excluding hydrogens is 330 g/mol. The summed E-state index contributed by atoms with van der Waals surface area (Å²) in [5.74, 6) is 0.0925. The van der Waals surface area contributed by atoms with E-state index in [0.29, 0.717) is 23.6 Å². The first-order chi connectivity index (χ1) is 12.4. The van der Waals surface area contributed by atoms with E-state index in [1.165, 1.54) is 0 Å². The van der Waals surface area contributed by atoms with Crippen molar-refractivity contribution in [3.63, 3.8) is 0 Å². The van der Waals surface area contributed by atoms with Crippen LogP contribution in [0.25, 0.3) is 0 Å². The van der Waals surface area contributed by atoms with Gasteiger partial charge in [0.25, 0.3) is 5.91 Å². The Morgan fingerprint density at radius 3 is 2.38 bits per heavy atom. The molecule has 0 aliphatic heterocycles. The molecule has 0 spiro atoms. The highest BCUT2D eigenvalue weighted by Gasteiger charge is 2.09. The van der Waals surface area contributed by atoms with Crippen LogP contribution >= 0.6 is 0 Å². The molecule has 0 aliphatic carbocycles. The summed E-state index contributed by atoms with van der Waals surface area (Å²) in [6, 6.07) is 10.6. The molecule has 2 aromatic carbocycles. The predicted molar refractivity (Wildman–Crippen MR) is 102 cm³/mol. The Balaban J connectivity index is 1.91. The Morgan fingerprint density at radius 1 is 1.04 bits per heavy atom. The minimum Gasteiger partial charge on any atom is -0.483 e. The van der Waals surface area contributed by atoms with Crippen molar-refractivity contribution in [1.82, 2.24) is 0 Å². The Morgan fingerprint density at radius 2 is 1.73 bits per heavy atom. The summed E-state index contributed by atoms with van der Waals surface area (Å²) in [4.78, 5) is 23.9. The minimum atomic E-state index is -0.363. The molecule has 0 heterocycles. The fourth-order valence-electron chi connectivity index (χ4n) is 2.46. The summed E-state index contributed by atoms with van der Waals surface area (Å²) < 4.78 is 10.7. The van der Waals surface area contributed by atoms with E-state index in [2.05, 4.69) is 11.4 Å². The lowest BCUT2D eigenvalue weighted by molar-refractivity contribution is -0.118. The van der Waals surface area contributed by atoms with Crippen LogP contribution in [0.1, 0.15) is 40.4 Å². The second kappa shape index (κ2) is 9.04. The first-order valence-corrected chi connectivity index (χ1v) is 8.68. The predicted octanol–water partition coefficient (Wildman–Crippen LogP) is 4.20. The first-order valence-electron chi connectivity index (χ1n) is 8.68. The van der Waals surface area contributed by atoms with Gasteiger partial charge < -0.3 is 14.8 Å². The van der Waals surface area contributed by atoms with Gasteiger partial charge in [0.2, 0.25) is 0 Å². The zero-order chi connectivity index (χ0) is 19.1. The maximum atomic E-state index is 12.1. The summed E-state index contributed by atoms with van der Waals surface area (Å²) in [6.07, 6.45) is 0.778. The maximum Gasteiger partial charge on any atom is 0.338 e. The van der Waals surface area contributed by atoms with Gasteiger partial charge in [-0.3, -0.25) is 4.79 Å². The lowest BCUT2D eigenvalue weighted by atomic mass is 10.1. The highest BCUT2D eigenvalue weighted by molar-refractivity contribution is 5.93. The van der Waals surface area contributed by atoms with E-state index in [1.807, 2.05) is 33.8 Å². The van der Waals surface area contributed by atoms with Gasteiger partial charge in [0.05, 0.1) is 12.2 Å². The molecule has 0 atom stereocenters. The molecule has 0 bridgehead atoms. The van der Waals surface area contributed by atoms with Crippen LogP contribution in [-0.4, -0.2) is 25.1 Å². The van der Waals surface area contributed by atoms with E-state index >= 15 is 0 Å². The van der Waals surface area contributed by atoms with Crippen molar-refractivity contribution in [3.05, 3.63) is 58.7 Å². The van der Waals surface area contributed by atoms with Crippen LogP contribution in [0.5, 0.6) is 5.75 Å². The van der Waals surface area contributed by atoms with Crippen molar-refractivity contribution in [2.24, 2.45) is 0 Å². The second-order valence-corrected chi connectivity index (χ2v) is 6.26. The Kier molecular flexibility index (Phi) is 6.78. The third-order valence-electron chi connectivity index (χ3n) is 3.96. The number of carbonyl (C=O) groups excluding carboxylic acids is 2. The van der Waals surface area contributed by atoms with Crippen molar-refractivity contribution in [2.75, 3.05) is 18.5 Å². The lowest BCUT2D eigenvalue weighted by Gasteiger charge is -2.12. The van der Waals surface area contributed by atoms with Crippen LogP contribution in [0, 0.1) is 20.8 Å². The zero-order valence-electron chi connectivity index (χ0n) is 15.7. The molecule has 0 aromatic heterocycles. The van der Waals surface area contributed by atoms with E-state index in [4.69, 9.17) is 9.47 Å². The molecule has 1 N–H and O–H groups in total. The molecule has 26 heavy (non-hydrogen) atoms. The minimum absolute atomic E-state index is 0.0793. The van der Waals surface area contributed by atoms with Gasteiger partial charge >= 0.3 is 5.97 Å². The van der Waals surface area contributed by atoms with E-state index in [0.717, 1.165) is 23.1 Å². The summed E-state index contributed by atoms with van der Waals surface area (Å²) >= 11 is 0. The molecule has 0 aliphatic rings. The number of hydrogen-bond donors (Lipinski definition) is 1. The van der Waals surface area contributed by atoms with Crippen LogP contribution in [0.4, 0.5) is 5.69 Å². The van der Waals surface area contributed by atoms with Gasteiger partial charge in [-0.25, -0.2) is 4.79 Å². The van der Waals surface area contributed by atoms with Gasteiger partial charge in [-0.05, 0) is 74.2 Å². The average molecular weight is 355 g/mol. The number of nitrogens with one attached hydrogen (secondary N) is 1. The normalized spacial score (nSPS) is 10.3. The molecular formula is C21H25NO4. The van der Waals surface area contributed by atoms with Crippen LogP contribution < -0.4 is 10.1 Å². The molecule has 0 radical (unpaired) electrons. The standard InChI is InChI=1S/C21H25NO4/c1-5-10-25-21(24)17-6-8-18(9-7-17)22-20(23)13-26-19-12-14(2)11-15(3)16(19)4/h6-9,11-12H,5,10,13H2,1-4H3,(H,22,23). The van der Waals surface area contributed by atoms with Gasteiger partial charge in [0, 0.05) is 5.69 Å². The lowest BCUT2D eigenvalue weighted by Crippen LogP contribution is -2.20. The number of rotatable bonds is 7. The first kappa shape index (κ1) is 19.5. The monoisotopic (exact) mass is 355 g/mol. The average Bonchev–Trinajstić information content (AvgIpc) is 2.62. The summed E-state index contributed by atoms with van der Waals surface area (Å²) in [5.41, 5.74) is 4.31. The van der Waals surface area contributed by atoms with Crippen LogP contribution in [0.3, 0.4) is 0 Å². The van der Waals surface area contributed by atoms with Gasteiger partial charge in [0.15, 0.2) is 6.61 Å². The van der Waals surface area contributed by atoms with Gasteiger partial charge in [0.1, 0.15) is 5.75 Å². The third-order valence-corrected chi connectivity index (χ3v) is 3.96. The fraction of sp³-hybridized carbons (Fsp3) is 0.333. The smallest absolute Gasteiger partial charge is 0.338 e. The molecule has 138 valence electrons. The number of ether oxygens (including phenoxy) is 2. The maximum absolute atomic E-state index is 12.1. The van der Waals surface area contributed by atoms with Crippen molar-refractivity contribution in [1.29, 1.82) is 0 Å². The zero-order valence-corrected chi connectivity index (χ0v) is 15.7. The largest absolute Gasteiger partial charge is 0.483 e. The number of aryl methyl sites for hydroxylation is 2. The van der Waals surface area contributed by atoms with Crippen LogP contribution in [0.2, 0.25) is 0 Å². The quantitative estimate of drug-likeness (QED) is 0.756. The SMILES string of the molecule is CCCOC(=O)c1ccc(NC(=O)COc2cc(C)cc(C)c2C)cc1. The number of anilines is 1. The number of carbonyl (C=O) groups is 2. The fourth-order valence-corrected chi connectivity index (χ4v) is 2.46. The molecule has 0 saturated carbocycles. The summed E-state index contributed by atoms with van der Waals surface area (Å²) in [7, 11) is 0. The highest BCUT2D eigenvalue weighted by atomic mass is 16.5. The van der Waals surface area contributed by atoms with Crippen LogP contribution in [-0.2, 0) is 9.53 Å². The molecule has 0 unspecified atom stereocenters. The van der Waals surface area contributed by atoms with E-state index in [9.17, 15) is 9.59 Å².